The zero-order valence-corrected chi connectivity index (χ0v) is 17.5. The maximum atomic E-state index is 12.6. The second-order valence-electron chi connectivity index (χ2n) is 6.84. The molecular weight excluding hydrogens is 386 g/mol. The summed E-state index contributed by atoms with van der Waals surface area (Å²) in [5, 5.41) is 3.53. The van der Waals surface area contributed by atoms with Crippen LogP contribution in [0, 0.1) is 13.8 Å². The van der Waals surface area contributed by atoms with E-state index < -0.39 is 0 Å². The van der Waals surface area contributed by atoms with Crippen molar-refractivity contribution in [1.29, 1.82) is 0 Å². The van der Waals surface area contributed by atoms with Gasteiger partial charge in [-0.05, 0) is 66.9 Å². The highest BCUT2D eigenvalue weighted by atomic mass is 35.5. The average Bonchev–Trinajstić information content (AvgIpc) is 2.73. The van der Waals surface area contributed by atoms with Crippen LogP contribution in [-0.2, 0) is 13.2 Å². The van der Waals surface area contributed by atoms with E-state index >= 15 is 0 Å². The van der Waals surface area contributed by atoms with Gasteiger partial charge in [-0.25, -0.2) is 0 Å². The van der Waals surface area contributed by atoms with Gasteiger partial charge < -0.3 is 14.8 Å². The molecule has 0 bridgehead atoms. The van der Waals surface area contributed by atoms with E-state index in [0.717, 1.165) is 16.9 Å². The number of benzene rings is 3. The Kier molecular flexibility index (Phi) is 6.78. The van der Waals surface area contributed by atoms with Gasteiger partial charge in [-0.3, -0.25) is 4.79 Å². The predicted octanol–water partition coefficient (Wildman–Crippen LogP) is 5.47. The van der Waals surface area contributed by atoms with Gasteiger partial charge in [0.05, 0.1) is 7.11 Å². The molecule has 0 unspecified atom stereocenters. The number of hydrogen-bond acceptors (Lipinski definition) is 3. The topological polar surface area (TPSA) is 47.6 Å². The van der Waals surface area contributed by atoms with Crippen molar-refractivity contribution in [2.45, 2.75) is 27.0 Å². The van der Waals surface area contributed by atoms with Gasteiger partial charge in [0.25, 0.3) is 5.91 Å². The number of amides is 1. The molecule has 0 aliphatic rings. The molecule has 0 heterocycles. The fourth-order valence-electron chi connectivity index (χ4n) is 2.92. The number of halogens is 1. The van der Waals surface area contributed by atoms with Crippen molar-refractivity contribution in [3.05, 3.63) is 93.5 Å². The van der Waals surface area contributed by atoms with E-state index in [0.29, 0.717) is 29.5 Å². The van der Waals surface area contributed by atoms with E-state index in [1.807, 2.05) is 43.3 Å². The summed E-state index contributed by atoms with van der Waals surface area (Å²) in [6, 6.07) is 18.7. The Hall–Kier alpha value is -2.98. The summed E-state index contributed by atoms with van der Waals surface area (Å²) in [5.74, 6) is 1.28. The van der Waals surface area contributed by atoms with Crippen molar-refractivity contribution in [2.75, 3.05) is 7.11 Å². The molecule has 0 spiro atoms. The van der Waals surface area contributed by atoms with Gasteiger partial charge in [-0.1, -0.05) is 35.9 Å². The minimum atomic E-state index is -0.181. The molecule has 0 atom stereocenters. The third kappa shape index (κ3) is 5.30. The van der Waals surface area contributed by atoms with Crippen molar-refractivity contribution >= 4 is 17.5 Å². The van der Waals surface area contributed by atoms with Crippen molar-refractivity contribution in [3.63, 3.8) is 0 Å². The van der Waals surface area contributed by atoms with Crippen molar-refractivity contribution in [3.8, 4) is 11.5 Å². The van der Waals surface area contributed by atoms with E-state index in [2.05, 4.69) is 12.2 Å². The molecule has 0 saturated heterocycles. The van der Waals surface area contributed by atoms with Gasteiger partial charge in [0.15, 0.2) is 0 Å². The molecular formula is C24H24ClNO3. The van der Waals surface area contributed by atoms with Crippen LogP contribution in [0.2, 0.25) is 5.02 Å². The quantitative estimate of drug-likeness (QED) is 0.562. The van der Waals surface area contributed by atoms with Crippen molar-refractivity contribution < 1.29 is 14.3 Å². The van der Waals surface area contributed by atoms with Crippen molar-refractivity contribution in [1.82, 2.24) is 5.32 Å². The molecule has 4 nitrogen and oxygen atoms in total. The number of methoxy groups -OCH3 is 1. The average molecular weight is 410 g/mol. The molecule has 0 aliphatic heterocycles. The second-order valence-corrected chi connectivity index (χ2v) is 7.24. The summed E-state index contributed by atoms with van der Waals surface area (Å²) in [4.78, 5) is 12.6. The maximum absolute atomic E-state index is 12.6. The molecule has 1 N–H and O–H groups in total. The molecule has 150 valence electrons. The molecule has 29 heavy (non-hydrogen) atoms. The molecule has 0 radical (unpaired) electrons. The minimum Gasteiger partial charge on any atom is -0.496 e. The third-order valence-electron chi connectivity index (χ3n) is 4.81. The van der Waals surface area contributed by atoms with E-state index in [4.69, 9.17) is 21.1 Å². The smallest absolute Gasteiger partial charge is 0.251 e. The standard InChI is InChI=1S/C24H24ClNO3/c1-16-8-10-21(12-17(16)2)29-15-20-13-18(9-11-23(20)28-3)24(27)26-14-19-6-4-5-7-22(19)25/h4-13H,14-15H2,1-3H3,(H,26,27). The lowest BCUT2D eigenvalue weighted by atomic mass is 10.1. The third-order valence-corrected chi connectivity index (χ3v) is 5.18. The summed E-state index contributed by atoms with van der Waals surface area (Å²) in [6.07, 6.45) is 0. The molecule has 0 aromatic heterocycles. The SMILES string of the molecule is COc1ccc(C(=O)NCc2ccccc2Cl)cc1COc1ccc(C)c(C)c1. The van der Waals surface area contributed by atoms with Crippen LogP contribution in [0.1, 0.15) is 32.6 Å². The van der Waals surface area contributed by atoms with Crippen molar-refractivity contribution in [2.24, 2.45) is 0 Å². The van der Waals surface area contributed by atoms with E-state index in [9.17, 15) is 4.79 Å². The highest BCUT2D eigenvalue weighted by molar-refractivity contribution is 6.31. The summed E-state index contributed by atoms with van der Waals surface area (Å²) < 4.78 is 11.3. The zero-order chi connectivity index (χ0) is 20.8. The summed E-state index contributed by atoms with van der Waals surface area (Å²) in [5.41, 5.74) is 4.59. The minimum absolute atomic E-state index is 0.181. The lowest BCUT2D eigenvalue weighted by molar-refractivity contribution is 0.0950. The largest absolute Gasteiger partial charge is 0.496 e. The Morgan fingerprint density at radius 3 is 2.48 bits per heavy atom. The van der Waals surface area contributed by atoms with Crippen LogP contribution in [0.3, 0.4) is 0 Å². The fourth-order valence-corrected chi connectivity index (χ4v) is 3.12. The fraction of sp³-hybridized carbons (Fsp3) is 0.208. The van der Waals surface area contributed by atoms with Gasteiger partial charge in [0.2, 0.25) is 0 Å². The normalized spacial score (nSPS) is 10.5. The lowest BCUT2D eigenvalue weighted by Crippen LogP contribution is -2.23. The van der Waals surface area contributed by atoms with Gasteiger partial charge >= 0.3 is 0 Å². The van der Waals surface area contributed by atoms with Crippen LogP contribution in [0.15, 0.2) is 60.7 Å². The number of carbonyl (C=O) groups is 1. The van der Waals surface area contributed by atoms with Gasteiger partial charge in [-0.2, -0.15) is 0 Å². The monoisotopic (exact) mass is 409 g/mol. The molecule has 5 heteroatoms. The molecule has 3 aromatic carbocycles. The van der Waals surface area contributed by atoms with Crippen LogP contribution in [0.5, 0.6) is 11.5 Å². The number of aryl methyl sites for hydroxylation is 2. The number of carbonyl (C=O) groups excluding carboxylic acids is 1. The first-order valence-corrected chi connectivity index (χ1v) is 9.74. The van der Waals surface area contributed by atoms with E-state index in [-0.39, 0.29) is 5.91 Å². The van der Waals surface area contributed by atoms with Gasteiger partial charge in [0, 0.05) is 22.7 Å². The molecule has 0 saturated carbocycles. The molecule has 0 fully saturated rings. The van der Waals surface area contributed by atoms with E-state index in [1.54, 1.807) is 31.4 Å². The van der Waals surface area contributed by atoms with Crippen LogP contribution in [-0.4, -0.2) is 13.0 Å². The predicted molar refractivity (Wildman–Crippen MR) is 116 cm³/mol. The Labute approximate surface area is 176 Å². The number of hydrogen-bond donors (Lipinski definition) is 1. The summed E-state index contributed by atoms with van der Waals surface area (Å²) >= 11 is 6.15. The van der Waals surface area contributed by atoms with Gasteiger partial charge in [0.1, 0.15) is 18.1 Å². The Morgan fingerprint density at radius 1 is 0.966 bits per heavy atom. The summed E-state index contributed by atoms with van der Waals surface area (Å²) in [7, 11) is 1.60. The molecule has 0 aliphatic carbocycles. The van der Waals surface area contributed by atoms with Crippen LogP contribution in [0.4, 0.5) is 0 Å². The van der Waals surface area contributed by atoms with Crippen LogP contribution < -0.4 is 14.8 Å². The number of nitrogens with one attached hydrogen (secondary N) is 1. The zero-order valence-electron chi connectivity index (χ0n) is 16.8. The molecule has 3 aromatic rings. The first-order chi connectivity index (χ1) is 14.0. The van der Waals surface area contributed by atoms with E-state index in [1.165, 1.54) is 11.1 Å². The highest BCUT2D eigenvalue weighted by Gasteiger charge is 2.12. The first-order valence-electron chi connectivity index (χ1n) is 9.36. The first kappa shape index (κ1) is 20.7. The molecule has 1 amide bonds. The summed E-state index contributed by atoms with van der Waals surface area (Å²) in [6.45, 7) is 4.77. The maximum Gasteiger partial charge on any atom is 0.251 e. The van der Waals surface area contributed by atoms with Gasteiger partial charge in [-0.15, -0.1) is 0 Å². The Balaban J connectivity index is 1.71. The lowest BCUT2D eigenvalue weighted by Gasteiger charge is -2.13. The number of ether oxygens (including phenoxy) is 2. The highest BCUT2D eigenvalue weighted by Crippen LogP contribution is 2.24. The Bertz CT molecular complexity index is 1020. The Morgan fingerprint density at radius 2 is 1.76 bits per heavy atom. The molecule has 3 rings (SSSR count). The van der Waals surface area contributed by atoms with Crippen LogP contribution >= 0.6 is 11.6 Å². The van der Waals surface area contributed by atoms with Crippen LogP contribution in [0.25, 0.3) is 0 Å². The second kappa shape index (κ2) is 9.48. The number of rotatable bonds is 7.